The predicted molar refractivity (Wildman–Crippen MR) is 67.6 cm³/mol. The van der Waals surface area contributed by atoms with Gasteiger partial charge >= 0.3 is 0 Å². The first-order valence-electron chi connectivity index (χ1n) is 5.49. The second-order valence-corrected chi connectivity index (χ2v) is 4.87. The molecule has 16 heavy (non-hydrogen) atoms. The summed E-state index contributed by atoms with van der Waals surface area (Å²) in [5.41, 5.74) is 3.66. The molecule has 1 unspecified atom stereocenters. The largest absolute Gasteiger partial charge is 0.348 e. The van der Waals surface area contributed by atoms with Gasteiger partial charge in [-0.3, -0.25) is 0 Å². The summed E-state index contributed by atoms with van der Waals surface area (Å²) in [6, 6.07) is 2.66. The molecular formula is C12H17N3S. The lowest BCUT2D eigenvalue weighted by molar-refractivity contribution is 0.540. The summed E-state index contributed by atoms with van der Waals surface area (Å²) >= 11 is 1.75. The Balaban J connectivity index is 1.80. The number of nitrogens with zero attached hydrogens (tertiary/aromatic N) is 1. The molecule has 0 aliphatic carbocycles. The molecular weight excluding hydrogens is 218 g/mol. The Hall–Kier alpha value is -1.13. The SMILES string of the molecule is Cc1[nH]cnc1CNC(C)Cc1ccsc1. The Morgan fingerprint density at radius 2 is 2.44 bits per heavy atom. The summed E-state index contributed by atoms with van der Waals surface area (Å²) in [5, 5.41) is 7.82. The van der Waals surface area contributed by atoms with Gasteiger partial charge < -0.3 is 10.3 Å². The number of thiophene rings is 1. The molecule has 0 bridgehead atoms. The van der Waals surface area contributed by atoms with Crippen LogP contribution in [0.5, 0.6) is 0 Å². The van der Waals surface area contributed by atoms with Crippen molar-refractivity contribution in [2.75, 3.05) is 0 Å². The van der Waals surface area contributed by atoms with Crippen LogP contribution in [0.1, 0.15) is 23.9 Å². The van der Waals surface area contributed by atoms with Crippen LogP contribution in [0.4, 0.5) is 0 Å². The average Bonchev–Trinajstić information content (AvgIpc) is 2.87. The Bertz CT molecular complexity index is 419. The number of aromatic nitrogens is 2. The average molecular weight is 235 g/mol. The number of H-pyrrole nitrogens is 1. The van der Waals surface area contributed by atoms with Gasteiger partial charge in [-0.05, 0) is 42.7 Å². The van der Waals surface area contributed by atoms with E-state index in [1.807, 2.05) is 6.92 Å². The van der Waals surface area contributed by atoms with Crippen molar-refractivity contribution in [2.24, 2.45) is 0 Å². The van der Waals surface area contributed by atoms with E-state index >= 15 is 0 Å². The molecule has 86 valence electrons. The smallest absolute Gasteiger partial charge is 0.0925 e. The van der Waals surface area contributed by atoms with Gasteiger partial charge in [0.25, 0.3) is 0 Å². The maximum Gasteiger partial charge on any atom is 0.0925 e. The highest BCUT2D eigenvalue weighted by molar-refractivity contribution is 7.07. The van der Waals surface area contributed by atoms with E-state index in [1.165, 1.54) is 5.56 Å². The lowest BCUT2D eigenvalue weighted by atomic mass is 10.1. The standard InChI is InChI=1S/C12H17N3S/c1-9(5-11-3-4-16-7-11)13-6-12-10(2)14-8-15-12/h3-4,7-9,13H,5-6H2,1-2H3,(H,14,15). The molecule has 2 aromatic rings. The molecule has 0 aliphatic heterocycles. The van der Waals surface area contributed by atoms with E-state index in [0.29, 0.717) is 6.04 Å². The Labute approximate surface area is 99.9 Å². The van der Waals surface area contributed by atoms with Crippen molar-refractivity contribution in [2.45, 2.75) is 32.9 Å². The van der Waals surface area contributed by atoms with Gasteiger partial charge in [0.15, 0.2) is 0 Å². The summed E-state index contributed by atoms with van der Waals surface area (Å²) in [6.07, 6.45) is 2.82. The minimum Gasteiger partial charge on any atom is -0.348 e. The van der Waals surface area contributed by atoms with Gasteiger partial charge in [0, 0.05) is 18.3 Å². The first-order valence-corrected chi connectivity index (χ1v) is 6.43. The van der Waals surface area contributed by atoms with Crippen molar-refractivity contribution in [3.8, 4) is 0 Å². The number of hydrogen-bond donors (Lipinski definition) is 2. The molecule has 0 amide bonds. The van der Waals surface area contributed by atoms with Crippen molar-refractivity contribution < 1.29 is 0 Å². The summed E-state index contributed by atoms with van der Waals surface area (Å²) in [4.78, 5) is 7.36. The number of hydrogen-bond acceptors (Lipinski definition) is 3. The molecule has 0 spiro atoms. The number of nitrogens with one attached hydrogen (secondary N) is 2. The summed E-state index contributed by atoms with van der Waals surface area (Å²) < 4.78 is 0. The Kier molecular flexibility index (Phi) is 3.74. The Morgan fingerprint density at radius 1 is 1.56 bits per heavy atom. The van der Waals surface area contributed by atoms with E-state index in [1.54, 1.807) is 17.7 Å². The molecule has 3 nitrogen and oxygen atoms in total. The maximum atomic E-state index is 4.27. The summed E-state index contributed by atoms with van der Waals surface area (Å²) in [7, 11) is 0. The molecule has 0 aromatic carbocycles. The molecule has 2 N–H and O–H groups in total. The van der Waals surface area contributed by atoms with Gasteiger partial charge in [0.2, 0.25) is 0 Å². The zero-order valence-corrected chi connectivity index (χ0v) is 10.5. The minimum absolute atomic E-state index is 0.477. The first kappa shape index (κ1) is 11.4. The first-order chi connectivity index (χ1) is 7.75. The van der Waals surface area contributed by atoms with Crippen LogP contribution < -0.4 is 5.32 Å². The molecule has 2 aromatic heterocycles. The monoisotopic (exact) mass is 235 g/mol. The third-order valence-electron chi connectivity index (χ3n) is 2.67. The molecule has 0 aliphatic rings. The number of imidazole rings is 1. The molecule has 0 radical (unpaired) electrons. The van der Waals surface area contributed by atoms with Crippen LogP contribution in [0.2, 0.25) is 0 Å². The highest BCUT2D eigenvalue weighted by Crippen LogP contribution is 2.09. The minimum atomic E-state index is 0.477. The quantitative estimate of drug-likeness (QED) is 0.836. The highest BCUT2D eigenvalue weighted by Gasteiger charge is 2.05. The highest BCUT2D eigenvalue weighted by atomic mass is 32.1. The van der Waals surface area contributed by atoms with Gasteiger partial charge in [0.1, 0.15) is 0 Å². The number of rotatable bonds is 5. The number of aromatic amines is 1. The van der Waals surface area contributed by atoms with E-state index in [2.05, 4.69) is 39.0 Å². The predicted octanol–water partition coefficient (Wildman–Crippen LogP) is 2.50. The van der Waals surface area contributed by atoms with E-state index in [0.717, 1.165) is 24.4 Å². The summed E-state index contributed by atoms with van der Waals surface area (Å²) in [6.45, 7) is 5.09. The normalized spacial score (nSPS) is 12.9. The molecule has 0 saturated carbocycles. The van der Waals surface area contributed by atoms with Crippen molar-refractivity contribution in [1.29, 1.82) is 0 Å². The summed E-state index contributed by atoms with van der Waals surface area (Å²) in [5.74, 6) is 0. The van der Waals surface area contributed by atoms with Crippen molar-refractivity contribution in [3.63, 3.8) is 0 Å². The van der Waals surface area contributed by atoms with Crippen molar-refractivity contribution in [1.82, 2.24) is 15.3 Å². The van der Waals surface area contributed by atoms with Crippen LogP contribution in [0.25, 0.3) is 0 Å². The second-order valence-electron chi connectivity index (χ2n) is 4.09. The third kappa shape index (κ3) is 2.93. The lowest BCUT2D eigenvalue weighted by Gasteiger charge is -2.12. The maximum absolute atomic E-state index is 4.27. The van der Waals surface area contributed by atoms with E-state index in [9.17, 15) is 0 Å². The topological polar surface area (TPSA) is 40.7 Å². The zero-order valence-electron chi connectivity index (χ0n) is 9.66. The van der Waals surface area contributed by atoms with Crippen molar-refractivity contribution in [3.05, 3.63) is 40.1 Å². The lowest BCUT2D eigenvalue weighted by Crippen LogP contribution is -2.27. The molecule has 2 rings (SSSR count). The van der Waals surface area contributed by atoms with Crippen LogP contribution in [0.3, 0.4) is 0 Å². The van der Waals surface area contributed by atoms with Gasteiger partial charge in [0.05, 0.1) is 12.0 Å². The van der Waals surface area contributed by atoms with Gasteiger partial charge in [-0.15, -0.1) is 0 Å². The van der Waals surface area contributed by atoms with Gasteiger partial charge in [-0.1, -0.05) is 0 Å². The van der Waals surface area contributed by atoms with E-state index < -0.39 is 0 Å². The molecule has 0 fully saturated rings. The molecule has 4 heteroatoms. The second kappa shape index (κ2) is 5.27. The molecule has 1 atom stereocenters. The van der Waals surface area contributed by atoms with E-state index in [-0.39, 0.29) is 0 Å². The van der Waals surface area contributed by atoms with Crippen LogP contribution in [0, 0.1) is 6.92 Å². The molecule has 0 saturated heterocycles. The number of aryl methyl sites for hydroxylation is 1. The fraction of sp³-hybridized carbons (Fsp3) is 0.417. The fourth-order valence-electron chi connectivity index (χ4n) is 1.67. The van der Waals surface area contributed by atoms with Gasteiger partial charge in [-0.2, -0.15) is 11.3 Å². The van der Waals surface area contributed by atoms with Crippen LogP contribution in [0.15, 0.2) is 23.2 Å². The Morgan fingerprint density at radius 3 is 3.06 bits per heavy atom. The third-order valence-corrected chi connectivity index (χ3v) is 3.41. The van der Waals surface area contributed by atoms with Crippen LogP contribution >= 0.6 is 11.3 Å². The molecule has 2 heterocycles. The van der Waals surface area contributed by atoms with E-state index in [4.69, 9.17) is 0 Å². The van der Waals surface area contributed by atoms with Crippen molar-refractivity contribution >= 4 is 11.3 Å². The zero-order chi connectivity index (χ0) is 11.4. The fourth-order valence-corrected chi connectivity index (χ4v) is 2.35. The van der Waals surface area contributed by atoms with Gasteiger partial charge in [-0.25, -0.2) is 4.98 Å². The van der Waals surface area contributed by atoms with Crippen LogP contribution in [-0.2, 0) is 13.0 Å². The van der Waals surface area contributed by atoms with Crippen LogP contribution in [-0.4, -0.2) is 16.0 Å².